The number of hydrogen-bond donors (Lipinski definition) is 1. The zero-order valence-electron chi connectivity index (χ0n) is 18.4. The van der Waals surface area contributed by atoms with Gasteiger partial charge >= 0.3 is 6.01 Å². The third kappa shape index (κ3) is 6.68. The van der Waals surface area contributed by atoms with Gasteiger partial charge in [-0.3, -0.25) is 10.1 Å². The van der Waals surface area contributed by atoms with Crippen molar-refractivity contribution in [3.63, 3.8) is 0 Å². The lowest BCUT2D eigenvalue weighted by Crippen LogP contribution is -2.36. The first-order valence-corrected chi connectivity index (χ1v) is 11.6. The Morgan fingerprint density at radius 3 is 2.21 bits per heavy atom. The van der Waals surface area contributed by atoms with E-state index in [-0.39, 0.29) is 42.8 Å². The second-order valence-electron chi connectivity index (χ2n) is 7.03. The molecule has 1 N–H and O–H groups in total. The number of carbonyl (C=O) groups is 1. The molecular formula is C22H26N4O6S. The van der Waals surface area contributed by atoms with E-state index in [1.165, 1.54) is 42.8 Å². The number of amides is 1. The molecule has 0 saturated heterocycles. The Hall–Kier alpha value is -3.12. The van der Waals surface area contributed by atoms with Crippen LogP contribution in [-0.2, 0) is 25.9 Å². The quantitative estimate of drug-likeness (QED) is 0.424. The summed E-state index contributed by atoms with van der Waals surface area (Å²) in [6.45, 7) is 0.875. The summed E-state index contributed by atoms with van der Waals surface area (Å²) in [5.74, 6) is -0.130. The van der Waals surface area contributed by atoms with Crippen LogP contribution in [0.1, 0.15) is 21.8 Å². The molecule has 2 aromatic carbocycles. The number of sulfonamides is 1. The van der Waals surface area contributed by atoms with Gasteiger partial charge in [-0.1, -0.05) is 35.4 Å². The number of benzene rings is 2. The fourth-order valence-corrected chi connectivity index (χ4v) is 4.39. The number of nitrogens with one attached hydrogen (secondary N) is 1. The Balaban J connectivity index is 1.66. The second kappa shape index (κ2) is 11.7. The predicted octanol–water partition coefficient (Wildman–Crippen LogP) is 2.20. The molecule has 11 heteroatoms. The normalized spacial score (nSPS) is 11.6. The molecule has 1 aromatic heterocycles. The third-order valence-corrected chi connectivity index (χ3v) is 6.64. The lowest BCUT2D eigenvalue weighted by Gasteiger charge is -2.21. The number of rotatable bonds is 12. The first-order valence-electron chi connectivity index (χ1n) is 10.2. The molecule has 176 valence electrons. The van der Waals surface area contributed by atoms with Gasteiger partial charge in [-0.05, 0) is 29.8 Å². The highest BCUT2D eigenvalue weighted by Crippen LogP contribution is 2.18. The third-order valence-electron chi connectivity index (χ3n) is 4.73. The van der Waals surface area contributed by atoms with E-state index in [0.29, 0.717) is 12.3 Å². The van der Waals surface area contributed by atoms with Crippen molar-refractivity contribution in [2.24, 2.45) is 0 Å². The van der Waals surface area contributed by atoms with Crippen molar-refractivity contribution in [2.45, 2.75) is 11.3 Å². The highest BCUT2D eigenvalue weighted by atomic mass is 32.2. The van der Waals surface area contributed by atoms with Gasteiger partial charge in [-0.15, -0.1) is 5.10 Å². The molecule has 0 saturated carbocycles. The van der Waals surface area contributed by atoms with Crippen LogP contribution in [0.25, 0.3) is 0 Å². The number of hydrogen-bond acceptors (Lipinski definition) is 8. The van der Waals surface area contributed by atoms with E-state index in [4.69, 9.17) is 13.9 Å². The maximum Gasteiger partial charge on any atom is 0.322 e. The minimum atomic E-state index is -3.77. The highest BCUT2D eigenvalue weighted by molar-refractivity contribution is 7.89. The molecule has 3 aromatic rings. The minimum absolute atomic E-state index is 0.0343. The van der Waals surface area contributed by atoms with Crippen LogP contribution < -0.4 is 5.32 Å². The van der Waals surface area contributed by atoms with E-state index in [2.05, 4.69) is 15.5 Å². The van der Waals surface area contributed by atoms with Gasteiger partial charge < -0.3 is 13.9 Å². The van der Waals surface area contributed by atoms with Crippen LogP contribution in [0, 0.1) is 0 Å². The summed E-state index contributed by atoms with van der Waals surface area (Å²) in [4.78, 5) is 12.6. The number of nitrogens with zero attached hydrogens (tertiary/aromatic N) is 3. The van der Waals surface area contributed by atoms with Crippen LogP contribution in [0.15, 0.2) is 63.9 Å². The van der Waals surface area contributed by atoms with Gasteiger partial charge in [0.15, 0.2) is 0 Å². The zero-order valence-corrected chi connectivity index (χ0v) is 19.2. The van der Waals surface area contributed by atoms with Crippen molar-refractivity contribution < 1.29 is 27.1 Å². The van der Waals surface area contributed by atoms with Gasteiger partial charge in [0.1, 0.15) is 0 Å². The molecule has 0 bridgehead atoms. The van der Waals surface area contributed by atoms with Crippen LogP contribution in [0.3, 0.4) is 0 Å². The van der Waals surface area contributed by atoms with Crippen LogP contribution in [0.2, 0.25) is 0 Å². The zero-order chi connectivity index (χ0) is 23.7. The molecule has 0 fully saturated rings. The monoisotopic (exact) mass is 474 g/mol. The summed E-state index contributed by atoms with van der Waals surface area (Å²) >= 11 is 0. The van der Waals surface area contributed by atoms with E-state index < -0.39 is 15.9 Å². The van der Waals surface area contributed by atoms with Gasteiger partial charge in [0.25, 0.3) is 5.91 Å². The number of methoxy groups -OCH3 is 2. The summed E-state index contributed by atoms with van der Waals surface area (Å²) in [7, 11) is -0.768. The highest BCUT2D eigenvalue weighted by Gasteiger charge is 2.24. The SMILES string of the molecule is COCCN(CCOC)S(=O)(=O)c1ccc(C(=O)Nc2nnc(Cc3ccccc3)o2)cc1. The topological polar surface area (TPSA) is 124 Å². The van der Waals surface area contributed by atoms with Crippen LogP contribution in [0.5, 0.6) is 0 Å². The molecule has 3 rings (SSSR count). The standard InChI is InChI=1S/C22H26N4O6S/c1-30-14-12-26(13-15-31-2)33(28,29)19-10-8-18(9-11-19)21(27)23-22-25-24-20(32-22)16-17-6-4-3-5-7-17/h3-11H,12-16H2,1-2H3,(H,23,25,27). The van der Waals surface area contributed by atoms with Crippen molar-refractivity contribution in [3.05, 3.63) is 71.6 Å². The molecule has 0 unspecified atom stereocenters. The molecule has 1 amide bonds. The Bertz CT molecular complexity index is 1130. The maximum atomic E-state index is 13.0. The summed E-state index contributed by atoms with van der Waals surface area (Å²) < 4.78 is 42.7. The van der Waals surface area contributed by atoms with E-state index in [1.807, 2.05) is 30.3 Å². The first kappa shape index (κ1) is 24.5. The number of ether oxygens (including phenoxy) is 2. The molecule has 0 aliphatic carbocycles. The van der Waals surface area contributed by atoms with Gasteiger partial charge in [-0.25, -0.2) is 8.42 Å². The Morgan fingerprint density at radius 1 is 0.970 bits per heavy atom. The molecule has 0 aliphatic heterocycles. The van der Waals surface area contributed by atoms with E-state index in [0.717, 1.165) is 5.56 Å². The van der Waals surface area contributed by atoms with Gasteiger partial charge in [0, 0.05) is 32.9 Å². The fourth-order valence-electron chi connectivity index (χ4n) is 2.98. The first-order chi connectivity index (χ1) is 15.9. The van der Waals surface area contributed by atoms with Crippen LogP contribution in [0.4, 0.5) is 6.01 Å². The number of anilines is 1. The predicted molar refractivity (Wildman–Crippen MR) is 120 cm³/mol. The summed E-state index contributed by atoms with van der Waals surface area (Å²) in [6.07, 6.45) is 0.443. The van der Waals surface area contributed by atoms with Crippen molar-refractivity contribution in [1.29, 1.82) is 0 Å². The van der Waals surface area contributed by atoms with Crippen molar-refractivity contribution in [1.82, 2.24) is 14.5 Å². The van der Waals surface area contributed by atoms with Crippen LogP contribution >= 0.6 is 0 Å². The largest absolute Gasteiger partial charge is 0.407 e. The molecule has 0 aliphatic rings. The number of aromatic nitrogens is 2. The molecule has 0 spiro atoms. The molecule has 0 atom stereocenters. The molecule has 10 nitrogen and oxygen atoms in total. The summed E-state index contributed by atoms with van der Waals surface area (Å²) in [5, 5.41) is 10.3. The fraction of sp³-hybridized carbons (Fsp3) is 0.318. The van der Waals surface area contributed by atoms with Crippen LogP contribution in [-0.4, -0.2) is 69.4 Å². The van der Waals surface area contributed by atoms with E-state index >= 15 is 0 Å². The lowest BCUT2D eigenvalue weighted by atomic mass is 10.2. The Labute approximate surface area is 192 Å². The van der Waals surface area contributed by atoms with Crippen molar-refractivity contribution in [3.8, 4) is 0 Å². The summed E-state index contributed by atoms with van der Waals surface area (Å²) in [6, 6.07) is 15.2. The Morgan fingerprint density at radius 2 is 1.61 bits per heavy atom. The molecular weight excluding hydrogens is 448 g/mol. The van der Waals surface area contributed by atoms with Crippen molar-refractivity contribution >= 4 is 21.9 Å². The molecule has 33 heavy (non-hydrogen) atoms. The van der Waals surface area contributed by atoms with E-state index in [1.54, 1.807) is 0 Å². The smallest absolute Gasteiger partial charge is 0.322 e. The van der Waals surface area contributed by atoms with Crippen molar-refractivity contribution in [2.75, 3.05) is 45.8 Å². The maximum absolute atomic E-state index is 13.0. The van der Waals surface area contributed by atoms with Gasteiger partial charge in [-0.2, -0.15) is 4.31 Å². The average Bonchev–Trinajstić information content (AvgIpc) is 3.26. The molecule has 1 heterocycles. The minimum Gasteiger partial charge on any atom is -0.407 e. The average molecular weight is 475 g/mol. The second-order valence-corrected chi connectivity index (χ2v) is 8.97. The van der Waals surface area contributed by atoms with Gasteiger partial charge in [0.2, 0.25) is 15.9 Å². The van der Waals surface area contributed by atoms with Gasteiger partial charge in [0.05, 0.1) is 24.5 Å². The lowest BCUT2D eigenvalue weighted by molar-refractivity contribution is 0.102. The summed E-state index contributed by atoms with van der Waals surface area (Å²) in [5.41, 5.74) is 1.25. The van der Waals surface area contributed by atoms with E-state index in [9.17, 15) is 13.2 Å². The number of carbonyl (C=O) groups excluding carboxylic acids is 1. The Kier molecular flexibility index (Phi) is 8.66. The molecule has 0 radical (unpaired) electrons.